The van der Waals surface area contributed by atoms with Crippen molar-refractivity contribution in [3.05, 3.63) is 63.2 Å². The Kier molecular flexibility index (Phi) is 5.21. The van der Waals surface area contributed by atoms with E-state index in [4.69, 9.17) is 0 Å². The van der Waals surface area contributed by atoms with E-state index in [0.717, 1.165) is 48.4 Å². The molecule has 1 saturated heterocycles. The molecule has 1 amide bonds. The number of carbonyl (C=O) groups excluding carboxylic acids is 1. The zero-order valence-corrected chi connectivity index (χ0v) is 15.1. The first kappa shape index (κ1) is 17.9. The predicted octanol–water partition coefficient (Wildman–Crippen LogP) is 4.45. The third-order valence-electron chi connectivity index (χ3n) is 4.77. The molecule has 136 valence electrons. The van der Waals surface area contributed by atoms with Crippen molar-refractivity contribution in [3.8, 4) is 0 Å². The maximum atomic E-state index is 13.0. The normalized spacial score (nSPS) is 14.2. The van der Waals surface area contributed by atoms with Gasteiger partial charge in [-0.2, -0.15) is 0 Å². The van der Waals surface area contributed by atoms with Crippen molar-refractivity contribution in [2.24, 2.45) is 0 Å². The summed E-state index contributed by atoms with van der Waals surface area (Å²) < 4.78 is 0. The molecule has 0 radical (unpaired) electrons. The van der Waals surface area contributed by atoms with E-state index in [-0.39, 0.29) is 11.6 Å². The van der Waals surface area contributed by atoms with E-state index in [9.17, 15) is 14.9 Å². The van der Waals surface area contributed by atoms with E-state index in [0.29, 0.717) is 5.56 Å². The smallest absolute Gasteiger partial charge is 0.270 e. The van der Waals surface area contributed by atoms with Gasteiger partial charge in [0.1, 0.15) is 0 Å². The van der Waals surface area contributed by atoms with Gasteiger partial charge in [0.25, 0.3) is 11.6 Å². The number of hydrogen-bond donors (Lipinski definition) is 1. The van der Waals surface area contributed by atoms with E-state index in [1.807, 2.05) is 32.0 Å². The number of non-ortho nitro benzene ring substituents is 1. The minimum absolute atomic E-state index is 0.0723. The summed E-state index contributed by atoms with van der Waals surface area (Å²) in [4.78, 5) is 25.8. The summed E-state index contributed by atoms with van der Waals surface area (Å²) >= 11 is 0. The number of carbonyl (C=O) groups is 1. The summed E-state index contributed by atoms with van der Waals surface area (Å²) in [7, 11) is 0. The van der Waals surface area contributed by atoms with Crippen LogP contribution in [0, 0.1) is 24.0 Å². The Balaban J connectivity index is 1.97. The van der Waals surface area contributed by atoms with Crippen molar-refractivity contribution in [2.45, 2.75) is 33.1 Å². The molecule has 0 spiro atoms. The highest BCUT2D eigenvalue weighted by Gasteiger charge is 2.22. The number of benzene rings is 2. The molecule has 0 unspecified atom stereocenters. The Morgan fingerprint density at radius 3 is 2.50 bits per heavy atom. The van der Waals surface area contributed by atoms with Gasteiger partial charge < -0.3 is 10.2 Å². The Hall–Kier alpha value is -2.89. The van der Waals surface area contributed by atoms with Gasteiger partial charge in [-0.3, -0.25) is 14.9 Å². The van der Waals surface area contributed by atoms with Crippen LogP contribution in [0.15, 0.2) is 36.4 Å². The van der Waals surface area contributed by atoms with Crippen LogP contribution in [-0.2, 0) is 0 Å². The lowest BCUT2D eigenvalue weighted by Crippen LogP contribution is -2.31. The number of hydrogen-bond acceptors (Lipinski definition) is 4. The van der Waals surface area contributed by atoms with Gasteiger partial charge in [-0.25, -0.2) is 0 Å². The summed E-state index contributed by atoms with van der Waals surface area (Å²) in [6.07, 6.45) is 3.30. The molecule has 1 fully saturated rings. The monoisotopic (exact) mass is 353 g/mol. The lowest BCUT2D eigenvalue weighted by molar-refractivity contribution is -0.384. The van der Waals surface area contributed by atoms with E-state index >= 15 is 0 Å². The zero-order valence-electron chi connectivity index (χ0n) is 15.1. The lowest BCUT2D eigenvalue weighted by atomic mass is 10.1. The van der Waals surface area contributed by atoms with Gasteiger partial charge in [0.05, 0.1) is 16.2 Å². The summed E-state index contributed by atoms with van der Waals surface area (Å²) in [5.41, 5.74) is 3.76. The van der Waals surface area contributed by atoms with E-state index < -0.39 is 4.92 Å². The fourth-order valence-corrected chi connectivity index (χ4v) is 3.29. The van der Waals surface area contributed by atoms with Crippen molar-refractivity contribution < 1.29 is 9.72 Å². The third kappa shape index (κ3) is 3.85. The average molecular weight is 353 g/mol. The van der Waals surface area contributed by atoms with Gasteiger partial charge in [0.15, 0.2) is 0 Å². The molecule has 1 aliphatic rings. The first-order valence-electron chi connectivity index (χ1n) is 8.88. The van der Waals surface area contributed by atoms with Crippen molar-refractivity contribution in [1.29, 1.82) is 0 Å². The van der Waals surface area contributed by atoms with E-state index in [1.54, 1.807) is 6.07 Å². The highest BCUT2D eigenvalue weighted by Crippen LogP contribution is 2.29. The lowest BCUT2D eigenvalue weighted by Gasteiger charge is -2.30. The van der Waals surface area contributed by atoms with Crippen LogP contribution in [0.4, 0.5) is 17.1 Å². The molecule has 2 aromatic carbocycles. The number of nitrogens with one attached hydrogen (secondary N) is 1. The number of rotatable bonds is 4. The topological polar surface area (TPSA) is 75.5 Å². The summed E-state index contributed by atoms with van der Waals surface area (Å²) in [6.45, 7) is 5.61. The number of piperidine rings is 1. The number of nitrogens with zero attached hydrogens (tertiary/aromatic N) is 2. The van der Waals surface area contributed by atoms with Gasteiger partial charge in [-0.1, -0.05) is 12.1 Å². The summed E-state index contributed by atoms with van der Waals surface area (Å²) in [5.74, 6) is -0.317. The molecule has 6 heteroatoms. The molecule has 26 heavy (non-hydrogen) atoms. The molecule has 3 rings (SSSR count). The standard InChI is InChI=1S/C20H23N3O3/c1-14-6-7-15(2)18(12-14)21-20(24)17-13-16(23(25)26)8-9-19(17)22-10-4-3-5-11-22/h6-9,12-13H,3-5,10-11H2,1-2H3,(H,21,24). The van der Waals surface area contributed by atoms with Crippen LogP contribution in [0.25, 0.3) is 0 Å². The van der Waals surface area contributed by atoms with Crippen LogP contribution in [0.1, 0.15) is 40.7 Å². The number of nitro benzene ring substituents is 1. The fraction of sp³-hybridized carbons (Fsp3) is 0.350. The van der Waals surface area contributed by atoms with Crippen molar-refractivity contribution in [3.63, 3.8) is 0 Å². The SMILES string of the molecule is Cc1ccc(C)c(NC(=O)c2cc([N+](=O)[O-])ccc2N2CCCCC2)c1. The highest BCUT2D eigenvalue weighted by atomic mass is 16.6. The maximum absolute atomic E-state index is 13.0. The largest absolute Gasteiger partial charge is 0.371 e. The summed E-state index contributed by atoms with van der Waals surface area (Å²) in [6, 6.07) is 10.4. The molecule has 0 aromatic heterocycles. The van der Waals surface area contributed by atoms with Crippen LogP contribution >= 0.6 is 0 Å². The van der Waals surface area contributed by atoms with Gasteiger partial charge in [0, 0.05) is 30.9 Å². The second kappa shape index (κ2) is 7.56. The summed E-state index contributed by atoms with van der Waals surface area (Å²) in [5, 5.41) is 14.1. The van der Waals surface area contributed by atoms with E-state index in [2.05, 4.69) is 10.2 Å². The number of nitro groups is 1. The van der Waals surface area contributed by atoms with Crippen molar-refractivity contribution in [1.82, 2.24) is 0 Å². The molecule has 1 aliphatic heterocycles. The molecule has 6 nitrogen and oxygen atoms in total. The minimum Gasteiger partial charge on any atom is -0.371 e. The number of aryl methyl sites for hydroxylation is 2. The Bertz CT molecular complexity index is 842. The van der Waals surface area contributed by atoms with E-state index in [1.165, 1.54) is 18.6 Å². The highest BCUT2D eigenvalue weighted by molar-refractivity contribution is 6.09. The Labute approximate surface area is 153 Å². The number of anilines is 2. The second-order valence-electron chi connectivity index (χ2n) is 6.78. The second-order valence-corrected chi connectivity index (χ2v) is 6.78. The van der Waals surface area contributed by atoms with Gasteiger partial charge in [-0.05, 0) is 56.4 Å². The van der Waals surface area contributed by atoms with Gasteiger partial charge >= 0.3 is 0 Å². The zero-order chi connectivity index (χ0) is 18.7. The molecule has 2 aromatic rings. The molecule has 0 saturated carbocycles. The van der Waals surface area contributed by atoms with Crippen LogP contribution in [0.2, 0.25) is 0 Å². The first-order valence-corrected chi connectivity index (χ1v) is 8.88. The van der Waals surface area contributed by atoms with Crippen molar-refractivity contribution >= 4 is 23.0 Å². The van der Waals surface area contributed by atoms with Crippen molar-refractivity contribution in [2.75, 3.05) is 23.3 Å². The quantitative estimate of drug-likeness (QED) is 0.651. The van der Waals surface area contributed by atoms with Crippen LogP contribution in [0.5, 0.6) is 0 Å². The molecule has 0 atom stereocenters. The Morgan fingerprint density at radius 1 is 1.08 bits per heavy atom. The predicted molar refractivity (Wildman–Crippen MR) is 103 cm³/mol. The van der Waals surface area contributed by atoms with Crippen LogP contribution in [0.3, 0.4) is 0 Å². The average Bonchev–Trinajstić information content (AvgIpc) is 2.65. The molecule has 1 N–H and O–H groups in total. The van der Waals surface area contributed by atoms with Gasteiger partial charge in [-0.15, -0.1) is 0 Å². The molecule has 0 bridgehead atoms. The molecular formula is C20H23N3O3. The molecular weight excluding hydrogens is 330 g/mol. The first-order chi connectivity index (χ1) is 12.5. The molecule has 0 aliphatic carbocycles. The van der Waals surface area contributed by atoms with Crippen LogP contribution < -0.4 is 10.2 Å². The fourth-order valence-electron chi connectivity index (χ4n) is 3.29. The van der Waals surface area contributed by atoms with Crippen LogP contribution in [-0.4, -0.2) is 23.9 Å². The Morgan fingerprint density at radius 2 is 1.81 bits per heavy atom. The maximum Gasteiger partial charge on any atom is 0.270 e. The minimum atomic E-state index is -0.464. The molecule has 1 heterocycles. The number of amides is 1. The third-order valence-corrected chi connectivity index (χ3v) is 4.77. The van der Waals surface area contributed by atoms with Gasteiger partial charge in [0.2, 0.25) is 0 Å².